The molecule has 1 aromatic rings. The van der Waals surface area contributed by atoms with E-state index in [0.29, 0.717) is 6.42 Å². The first-order chi connectivity index (χ1) is 7.94. The van der Waals surface area contributed by atoms with Gasteiger partial charge in [0, 0.05) is 18.4 Å². The third kappa shape index (κ3) is 4.68. The quantitative estimate of drug-likeness (QED) is 0.856. The average Bonchev–Trinajstić information content (AvgIpc) is 2.21. The predicted molar refractivity (Wildman–Crippen MR) is 63.8 cm³/mol. The molecule has 0 atom stereocenters. The number of anilines is 1. The lowest BCUT2D eigenvalue weighted by Crippen LogP contribution is -2.18. The summed E-state index contributed by atoms with van der Waals surface area (Å²) >= 11 is 0. The second kappa shape index (κ2) is 5.95. The second-order valence-corrected chi connectivity index (χ2v) is 6.01. The van der Waals surface area contributed by atoms with Crippen LogP contribution >= 0.6 is 0 Å². The van der Waals surface area contributed by atoms with Crippen LogP contribution in [0, 0.1) is 11.6 Å². The zero-order chi connectivity index (χ0) is 12.9. The zero-order valence-corrected chi connectivity index (χ0v) is 10.4. The van der Waals surface area contributed by atoms with Gasteiger partial charge in [0.2, 0.25) is 0 Å². The van der Waals surface area contributed by atoms with Crippen LogP contribution in [0.2, 0.25) is 0 Å². The molecular formula is C11H15F2NO2S. The molecule has 0 amide bonds. The van der Waals surface area contributed by atoms with Crippen LogP contribution in [0.4, 0.5) is 14.5 Å². The van der Waals surface area contributed by atoms with E-state index in [9.17, 15) is 17.2 Å². The fourth-order valence-corrected chi connectivity index (χ4v) is 2.63. The molecule has 0 radical (unpaired) electrons. The largest absolute Gasteiger partial charge is 0.382 e. The summed E-state index contributed by atoms with van der Waals surface area (Å²) in [6, 6.07) is 3.12. The molecule has 1 aromatic carbocycles. The molecule has 0 heterocycles. The maximum Gasteiger partial charge on any atom is 0.152 e. The standard InChI is InChI=1S/C11H15F2NO2S/c1-2-6-17(15,16)7-5-14-11-4-3-9(12)8-10(11)13/h3-4,8,14H,2,5-7H2,1H3. The molecule has 6 heteroatoms. The van der Waals surface area contributed by atoms with Crippen molar-refractivity contribution in [3.63, 3.8) is 0 Å². The summed E-state index contributed by atoms with van der Waals surface area (Å²) in [5.74, 6) is -1.32. The summed E-state index contributed by atoms with van der Waals surface area (Å²) in [5, 5.41) is 2.63. The van der Waals surface area contributed by atoms with Crippen molar-refractivity contribution in [2.24, 2.45) is 0 Å². The molecule has 3 nitrogen and oxygen atoms in total. The minimum absolute atomic E-state index is 0.0579. The van der Waals surface area contributed by atoms with E-state index in [-0.39, 0.29) is 23.7 Å². The van der Waals surface area contributed by atoms with Gasteiger partial charge in [0.15, 0.2) is 9.84 Å². The number of sulfone groups is 1. The monoisotopic (exact) mass is 263 g/mol. The second-order valence-electron chi connectivity index (χ2n) is 3.70. The lowest BCUT2D eigenvalue weighted by Gasteiger charge is -2.07. The molecule has 0 fully saturated rings. The van der Waals surface area contributed by atoms with E-state index in [1.165, 1.54) is 6.07 Å². The van der Waals surface area contributed by atoms with Crippen LogP contribution in [-0.2, 0) is 9.84 Å². The van der Waals surface area contributed by atoms with E-state index in [0.717, 1.165) is 12.1 Å². The molecular weight excluding hydrogens is 248 g/mol. The average molecular weight is 263 g/mol. The molecule has 1 rings (SSSR count). The number of rotatable bonds is 6. The third-order valence-electron chi connectivity index (χ3n) is 2.17. The van der Waals surface area contributed by atoms with Gasteiger partial charge in [-0.1, -0.05) is 6.92 Å². The Morgan fingerprint density at radius 1 is 1.24 bits per heavy atom. The van der Waals surface area contributed by atoms with Crippen molar-refractivity contribution in [1.29, 1.82) is 0 Å². The van der Waals surface area contributed by atoms with Gasteiger partial charge in [-0.25, -0.2) is 17.2 Å². The number of nitrogens with one attached hydrogen (secondary N) is 1. The number of halogens is 2. The first-order valence-electron chi connectivity index (χ1n) is 5.34. The van der Waals surface area contributed by atoms with Gasteiger partial charge in [-0.05, 0) is 18.6 Å². The Kier molecular flexibility index (Phi) is 4.86. The lowest BCUT2D eigenvalue weighted by molar-refractivity contribution is 0.584. The summed E-state index contributed by atoms with van der Waals surface area (Å²) in [6.07, 6.45) is 0.563. The molecule has 0 saturated carbocycles. The van der Waals surface area contributed by atoms with Crippen LogP contribution in [0.25, 0.3) is 0 Å². The summed E-state index contributed by atoms with van der Waals surface area (Å²) < 4.78 is 48.5. The Bertz CT molecular complexity index is 474. The SMILES string of the molecule is CCCS(=O)(=O)CCNc1ccc(F)cc1F. The van der Waals surface area contributed by atoms with Crippen molar-refractivity contribution in [2.45, 2.75) is 13.3 Å². The third-order valence-corrected chi connectivity index (χ3v) is 4.03. The zero-order valence-electron chi connectivity index (χ0n) is 9.54. The van der Waals surface area contributed by atoms with Gasteiger partial charge in [0.25, 0.3) is 0 Å². The smallest absolute Gasteiger partial charge is 0.152 e. The molecule has 17 heavy (non-hydrogen) atoms. The first-order valence-corrected chi connectivity index (χ1v) is 7.16. The van der Waals surface area contributed by atoms with Crippen LogP contribution in [-0.4, -0.2) is 26.5 Å². The van der Waals surface area contributed by atoms with Gasteiger partial charge in [0.05, 0.1) is 11.4 Å². The summed E-state index contributed by atoms with van der Waals surface area (Å²) in [6.45, 7) is 1.90. The topological polar surface area (TPSA) is 46.2 Å². The Balaban J connectivity index is 2.51. The van der Waals surface area contributed by atoms with Crippen molar-refractivity contribution in [1.82, 2.24) is 0 Å². The Labute approximate surface area is 99.8 Å². The molecule has 96 valence electrons. The number of hydrogen-bond acceptors (Lipinski definition) is 3. The Morgan fingerprint density at radius 2 is 1.94 bits per heavy atom. The first kappa shape index (κ1) is 13.9. The summed E-state index contributed by atoms with van der Waals surface area (Å²) in [4.78, 5) is 0. The fourth-order valence-electron chi connectivity index (χ4n) is 1.39. The Morgan fingerprint density at radius 3 is 2.53 bits per heavy atom. The highest BCUT2D eigenvalue weighted by Gasteiger charge is 2.09. The van der Waals surface area contributed by atoms with Gasteiger partial charge in [-0.3, -0.25) is 0 Å². The maximum atomic E-state index is 13.2. The molecule has 0 aromatic heterocycles. The van der Waals surface area contributed by atoms with Crippen molar-refractivity contribution >= 4 is 15.5 Å². The molecule has 0 bridgehead atoms. The van der Waals surface area contributed by atoms with E-state index in [4.69, 9.17) is 0 Å². The molecule has 0 aliphatic rings. The van der Waals surface area contributed by atoms with Gasteiger partial charge < -0.3 is 5.32 Å². The van der Waals surface area contributed by atoms with E-state index >= 15 is 0 Å². The molecule has 0 aliphatic heterocycles. The van der Waals surface area contributed by atoms with Crippen molar-refractivity contribution < 1.29 is 17.2 Å². The number of hydrogen-bond donors (Lipinski definition) is 1. The lowest BCUT2D eigenvalue weighted by atomic mass is 10.3. The van der Waals surface area contributed by atoms with Crippen molar-refractivity contribution in [2.75, 3.05) is 23.4 Å². The minimum atomic E-state index is -3.08. The van der Waals surface area contributed by atoms with Crippen LogP contribution in [0.1, 0.15) is 13.3 Å². The van der Waals surface area contributed by atoms with Crippen LogP contribution in [0.15, 0.2) is 18.2 Å². The minimum Gasteiger partial charge on any atom is -0.382 e. The van der Waals surface area contributed by atoms with E-state index < -0.39 is 21.5 Å². The molecule has 0 spiro atoms. The van der Waals surface area contributed by atoms with Gasteiger partial charge in [0.1, 0.15) is 11.6 Å². The summed E-state index contributed by atoms with van der Waals surface area (Å²) in [5.41, 5.74) is 0.109. The van der Waals surface area contributed by atoms with Crippen molar-refractivity contribution in [3.8, 4) is 0 Å². The van der Waals surface area contributed by atoms with E-state index in [2.05, 4.69) is 5.32 Å². The van der Waals surface area contributed by atoms with E-state index in [1.807, 2.05) is 0 Å². The molecule has 1 N–H and O–H groups in total. The van der Waals surface area contributed by atoms with Gasteiger partial charge in [-0.15, -0.1) is 0 Å². The van der Waals surface area contributed by atoms with Crippen LogP contribution in [0.5, 0.6) is 0 Å². The fraction of sp³-hybridized carbons (Fsp3) is 0.455. The molecule has 0 unspecified atom stereocenters. The highest BCUT2D eigenvalue weighted by molar-refractivity contribution is 7.91. The van der Waals surface area contributed by atoms with E-state index in [1.54, 1.807) is 6.92 Å². The van der Waals surface area contributed by atoms with Crippen LogP contribution in [0.3, 0.4) is 0 Å². The highest BCUT2D eigenvalue weighted by Crippen LogP contribution is 2.14. The van der Waals surface area contributed by atoms with Crippen LogP contribution < -0.4 is 5.32 Å². The highest BCUT2D eigenvalue weighted by atomic mass is 32.2. The van der Waals surface area contributed by atoms with Gasteiger partial charge in [-0.2, -0.15) is 0 Å². The Hall–Kier alpha value is -1.17. The van der Waals surface area contributed by atoms with Gasteiger partial charge >= 0.3 is 0 Å². The maximum absolute atomic E-state index is 13.2. The predicted octanol–water partition coefficient (Wildman–Crippen LogP) is 2.20. The van der Waals surface area contributed by atoms with Crippen molar-refractivity contribution in [3.05, 3.63) is 29.8 Å². The summed E-state index contributed by atoms with van der Waals surface area (Å²) in [7, 11) is -3.08. The normalized spacial score (nSPS) is 11.5. The number of benzene rings is 1. The molecule has 0 saturated heterocycles. The molecule has 0 aliphatic carbocycles.